The van der Waals surface area contributed by atoms with Crippen molar-refractivity contribution < 1.29 is 14.3 Å². The monoisotopic (exact) mass is 375 g/mol. The Morgan fingerprint density at radius 3 is 2.80 bits per heavy atom. The Kier molecular flexibility index (Phi) is 5.25. The van der Waals surface area contributed by atoms with Crippen LogP contribution in [0.1, 0.15) is 23.7 Å². The fraction of sp³-hybridized carbons (Fsp3) is 0.176. The van der Waals surface area contributed by atoms with Gasteiger partial charge in [-0.15, -0.1) is 0 Å². The van der Waals surface area contributed by atoms with Crippen molar-refractivity contribution in [3.8, 4) is 0 Å². The second-order valence-electron chi connectivity index (χ2n) is 5.12. The number of nitrogens with one attached hydrogen (secondary N) is 1. The maximum atomic E-state index is 12.4. The van der Waals surface area contributed by atoms with E-state index in [0.717, 1.165) is 10.2 Å². The Morgan fingerprint density at radius 2 is 2.08 bits per heavy atom. The molecule has 8 heteroatoms. The lowest BCUT2D eigenvalue weighted by Gasteiger charge is -2.15. The lowest BCUT2D eigenvalue weighted by Crippen LogP contribution is -2.32. The molecule has 0 fully saturated rings. The number of hydrogen-bond donors (Lipinski definition) is 1. The van der Waals surface area contributed by atoms with Crippen LogP contribution in [0.5, 0.6) is 0 Å². The van der Waals surface area contributed by atoms with Gasteiger partial charge in [0.05, 0.1) is 15.8 Å². The predicted molar refractivity (Wildman–Crippen MR) is 97.0 cm³/mol. The number of ether oxygens (including phenoxy) is 1. The highest BCUT2D eigenvalue weighted by atomic mass is 35.5. The van der Waals surface area contributed by atoms with E-state index in [-0.39, 0.29) is 10.7 Å². The molecule has 0 radical (unpaired) electrons. The quantitative estimate of drug-likeness (QED) is 0.540. The summed E-state index contributed by atoms with van der Waals surface area (Å²) >= 11 is 7.24. The maximum absolute atomic E-state index is 12.4. The first kappa shape index (κ1) is 17.3. The van der Waals surface area contributed by atoms with Crippen molar-refractivity contribution in [2.45, 2.75) is 19.4 Å². The molecule has 0 saturated heterocycles. The molecule has 1 N–H and O–H groups in total. The molecule has 0 bridgehead atoms. The maximum Gasteiger partial charge on any atom is 0.342 e. The van der Waals surface area contributed by atoms with Gasteiger partial charge in [-0.1, -0.05) is 42.0 Å². The summed E-state index contributed by atoms with van der Waals surface area (Å²) in [5.41, 5.74) is 0.922. The number of aromatic nitrogens is 2. The highest BCUT2D eigenvalue weighted by Gasteiger charge is 2.24. The smallest absolute Gasteiger partial charge is 0.342 e. The van der Waals surface area contributed by atoms with E-state index in [2.05, 4.69) is 15.3 Å². The minimum atomic E-state index is -0.948. The Labute approximate surface area is 152 Å². The van der Waals surface area contributed by atoms with Gasteiger partial charge >= 0.3 is 5.97 Å². The van der Waals surface area contributed by atoms with Gasteiger partial charge in [0.2, 0.25) is 0 Å². The average Bonchev–Trinajstić information content (AvgIpc) is 3.01. The number of carbonyl (C=O) groups excluding carboxylic acids is 2. The first-order valence-corrected chi connectivity index (χ1v) is 8.76. The molecule has 0 saturated carbocycles. The van der Waals surface area contributed by atoms with Crippen molar-refractivity contribution >= 4 is 50.2 Å². The van der Waals surface area contributed by atoms with E-state index in [0.29, 0.717) is 11.6 Å². The van der Waals surface area contributed by atoms with E-state index in [1.807, 2.05) is 24.3 Å². The van der Waals surface area contributed by atoms with Crippen LogP contribution in [-0.4, -0.2) is 27.9 Å². The van der Waals surface area contributed by atoms with E-state index >= 15 is 0 Å². The Hall–Kier alpha value is -2.51. The molecule has 3 aromatic rings. The largest absolute Gasteiger partial charge is 0.449 e. The standard InChI is InChI=1S/C17H14ClN3O3S/c1-2-12(24-16(23)10-6-5-9-19-14(10)18)15(22)21-17-20-11-7-3-4-8-13(11)25-17/h3-9,12H,2H2,1H3,(H,20,21,22). The van der Waals surface area contributed by atoms with Crippen molar-refractivity contribution in [2.24, 2.45) is 0 Å². The number of esters is 1. The molecule has 128 valence electrons. The van der Waals surface area contributed by atoms with Gasteiger partial charge in [-0.3, -0.25) is 10.1 Å². The molecular weight excluding hydrogens is 362 g/mol. The van der Waals surface area contributed by atoms with Crippen LogP contribution in [0.2, 0.25) is 5.15 Å². The number of nitrogens with zero attached hydrogens (tertiary/aromatic N) is 2. The van der Waals surface area contributed by atoms with Gasteiger partial charge in [-0.05, 0) is 30.7 Å². The molecular formula is C17H14ClN3O3S. The van der Waals surface area contributed by atoms with E-state index in [1.54, 1.807) is 13.0 Å². The van der Waals surface area contributed by atoms with Crippen LogP contribution in [-0.2, 0) is 9.53 Å². The number of carbonyl (C=O) groups is 2. The SMILES string of the molecule is CCC(OC(=O)c1cccnc1Cl)C(=O)Nc1nc2ccccc2s1. The zero-order valence-corrected chi connectivity index (χ0v) is 14.8. The van der Waals surface area contributed by atoms with Crippen molar-refractivity contribution in [2.75, 3.05) is 5.32 Å². The Balaban J connectivity index is 1.70. The number of anilines is 1. The molecule has 1 aromatic carbocycles. The Bertz CT molecular complexity index is 895. The number of pyridine rings is 1. The van der Waals surface area contributed by atoms with Gasteiger partial charge in [0, 0.05) is 6.20 Å². The third-order valence-electron chi connectivity index (χ3n) is 3.42. The lowest BCUT2D eigenvalue weighted by molar-refractivity contribution is -0.124. The molecule has 0 aliphatic heterocycles. The molecule has 1 unspecified atom stereocenters. The number of halogens is 1. The van der Waals surface area contributed by atoms with Crippen LogP contribution in [0.25, 0.3) is 10.2 Å². The van der Waals surface area contributed by atoms with E-state index in [4.69, 9.17) is 16.3 Å². The summed E-state index contributed by atoms with van der Waals surface area (Å²) in [5, 5.41) is 3.19. The summed E-state index contributed by atoms with van der Waals surface area (Å²) in [7, 11) is 0. The molecule has 0 aliphatic rings. The summed E-state index contributed by atoms with van der Waals surface area (Å²) in [4.78, 5) is 32.8. The number of fused-ring (bicyclic) bond motifs is 1. The molecule has 1 atom stereocenters. The zero-order valence-electron chi connectivity index (χ0n) is 13.2. The summed E-state index contributed by atoms with van der Waals surface area (Å²) in [6.45, 7) is 1.75. The van der Waals surface area contributed by atoms with Gasteiger partial charge < -0.3 is 4.74 Å². The molecule has 2 heterocycles. The molecule has 25 heavy (non-hydrogen) atoms. The van der Waals surface area contributed by atoms with E-state index in [1.165, 1.54) is 23.6 Å². The first-order chi connectivity index (χ1) is 12.1. The Morgan fingerprint density at radius 1 is 1.28 bits per heavy atom. The van der Waals surface area contributed by atoms with Crippen LogP contribution in [0.4, 0.5) is 5.13 Å². The van der Waals surface area contributed by atoms with Crippen LogP contribution >= 0.6 is 22.9 Å². The topological polar surface area (TPSA) is 81.2 Å². The normalized spacial score (nSPS) is 11.9. The second kappa shape index (κ2) is 7.58. The third kappa shape index (κ3) is 3.94. The lowest BCUT2D eigenvalue weighted by atomic mass is 10.2. The molecule has 1 amide bonds. The van der Waals surface area contributed by atoms with Gasteiger partial charge in [0.1, 0.15) is 5.15 Å². The summed E-state index contributed by atoms with van der Waals surface area (Å²) in [6.07, 6.45) is 0.840. The van der Waals surface area contributed by atoms with Crippen molar-refractivity contribution in [1.82, 2.24) is 9.97 Å². The number of thiazole rings is 1. The zero-order chi connectivity index (χ0) is 17.8. The first-order valence-electron chi connectivity index (χ1n) is 7.56. The van der Waals surface area contributed by atoms with Crippen molar-refractivity contribution in [3.05, 3.63) is 53.3 Å². The van der Waals surface area contributed by atoms with Crippen molar-refractivity contribution in [3.63, 3.8) is 0 Å². The molecule has 2 aromatic heterocycles. The summed E-state index contributed by atoms with van der Waals surface area (Å²) < 4.78 is 6.24. The van der Waals surface area contributed by atoms with Gasteiger partial charge in [-0.2, -0.15) is 0 Å². The third-order valence-corrected chi connectivity index (χ3v) is 4.67. The van der Waals surface area contributed by atoms with Crippen LogP contribution in [0, 0.1) is 0 Å². The predicted octanol–water partition coefficient (Wildman–Crippen LogP) is 3.92. The van der Waals surface area contributed by atoms with E-state index < -0.39 is 18.0 Å². The average molecular weight is 376 g/mol. The molecule has 3 rings (SSSR count). The highest BCUT2D eigenvalue weighted by molar-refractivity contribution is 7.22. The van der Waals surface area contributed by atoms with Crippen LogP contribution < -0.4 is 5.32 Å². The second-order valence-corrected chi connectivity index (χ2v) is 6.51. The van der Waals surface area contributed by atoms with Gasteiger partial charge in [-0.25, -0.2) is 14.8 Å². The number of amides is 1. The highest BCUT2D eigenvalue weighted by Crippen LogP contribution is 2.25. The van der Waals surface area contributed by atoms with E-state index in [9.17, 15) is 9.59 Å². The number of hydrogen-bond acceptors (Lipinski definition) is 6. The van der Waals surface area contributed by atoms with Gasteiger partial charge in [0.15, 0.2) is 11.2 Å². The number of rotatable bonds is 5. The molecule has 6 nitrogen and oxygen atoms in total. The summed E-state index contributed by atoms with van der Waals surface area (Å²) in [6, 6.07) is 10.6. The number of benzene rings is 1. The fourth-order valence-electron chi connectivity index (χ4n) is 2.16. The molecule has 0 spiro atoms. The van der Waals surface area contributed by atoms with Crippen molar-refractivity contribution in [1.29, 1.82) is 0 Å². The summed E-state index contributed by atoms with van der Waals surface area (Å²) in [5.74, 6) is -1.13. The minimum absolute atomic E-state index is 0.0361. The number of para-hydroxylation sites is 1. The van der Waals surface area contributed by atoms with Crippen LogP contribution in [0.15, 0.2) is 42.6 Å². The minimum Gasteiger partial charge on any atom is -0.449 e. The molecule has 0 aliphatic carbocycles. The van der Waals surface area contributed by atoms with Gasteiger partial charge in [0.25, 0.3) is 5.91 Å². The van der Waals surface area contributed by atoms with Crippen LogP contribution in [0.3, 0.4) is 0 Å². The fourth-order valence-corrected chi connectivity index (χ4v) is 3.23.